The molecule has 0 spiro atoms. The molecule has 5 rings (SSSR count). The molecule has 1 amide bonds. The van der Waals surface area contributed by atoms with Crippen molar-refractivity contribution in [1.29, 1.82) is 0 Å². The molecule has 2 aliphatic heterocycles. The first kappa shape index (κ1) is 21.0. The Morgan fingerprint density at radius 2 is 1.56 bits per heavy atom. The predicted octanol–water partition coefficient (Wildman–Crippen LogP) is 2.31. The monoisotopic (exact) mass is 480 g/mol. The summed E-state index contributed by atoms with van der Waals surface area (Å²) in [7, 11) is 5.39. The van der Waals surface area contributed by atoms with Crippen LogP contribution < -0.4 is 19.7 Å². The molecule has 1 fully saturated rings. The van der Waals surface area contributed by atoms with Gasteiger partial charge in [-0.3, -0.25) is 19.1 Å². The van der Waals surface area contributed by atoms with Crippen molar-refractivity contribution in [2.75, 3.05) is 26.0 Å². The maximum Gasteiger partial charge on any atom is 0.279 e. The molecule has 3 heterocycles. The van der Waals surface area contributed by atoms with E-state index < -0.39 is 0 Å². The van der Waals surface area contributed by atoms with Crippen LogP contribution in [-0.4, -0.2) is 46.5 Å². The first-order chi connectivity index (χ1) is 15.3. The van der Waals surface area contributed by atoms with E-state index in [2.05, 4.69) is 0 Å². The van der Waals surface area contributed by atoms with Crippen LogP contribution in [0.3, 0.4) is 0 Å². The molecular weight excluding hydrogens is 460 g/mol. The Kier molecular flexibility index (Phi) is 4.99. The van der Waals surface area contributed by atoms with Crippen molar-refractivity contribution < 1.29 is 4.79 Å². The maximum atomic E-state index is 13.8. The summed E-state index contributed by atoms with van der Waals surface area (Å²) in [4.78, 5) is 33.2. The molecule has 0 radical (unpaired) electrons. The van der Waals surface area contributed by atoms with Gasteiger partial charge in [-0.25, -0.2) is 0 Å². The molecule has 0 atom stereocenters. The van der Waals surface area contributed by atoms with Gasteiger partial charge in [0, 0.05) is 26.0 Å². The number of para-hydroxylation sites is 1. The summed E-state index contributed by atoms with van der Waals surface area (Å²) in [6.07, 6.45) is 0. The Hall–Kier alpha value is -2.88. The average molecular weight is 481 g/mol. The number of thiazole rings is 1. The number of carbonyl (C=O) groups excluding carboxylic acids is 1. The van der Waals surface area contributed by atoms with Crippen LogP contribution in [0.1, 0.15) is 5.56 Å². The zero-order chi connectivity index (χ0) is 22.7. The summed E-state index contributed by atoms with van der Waals surface area (Å²) in [5.41, 5.74) is 3.14. The second kappa shape index (κ2) is 7.61. The second-order valence-electron chi connectivity index (χ2n) is 7.70. The number of benzene rings is 2. The molecule has 2 aromatic carbocycles. The molecular formula is C23H20N4O2S3. The van der Waals surface area contributed by atoms with E-state index in [1.54, 1.807) is 35.3 Å². The average Bonchev–Trinajstić information content (AvgIpc) is 3.36. The van der Waals surface area contributed by atoms with Crippen LogP contribution in [0.15, 0.2) is 58.2 Å². The highest BCUT2D eigenvalue weighted by Crippen LogP contribution is 2.44. The third-order valence-electron chi connectivity index (χ3n) is 5.64. The Morgan fingerprint density at radius 1 is 0.875 bits per heavy atom. The SMILES string of the molecule is Cc1ccc(-n2c(=O)/c(=C3/Sc4ccccc4N3C)s/c2=C2/C(=O)N(C)C(=S)N2C)cc1. The molecule has 2 aliphatic rings. The largest absolute Gasteiger partial charge is 0.337 e. The van der Waals surface area contributed by atoms with Crippen LogP contribution in [-0.2, 0) is 4.79 Å². The number of hydrogen-bond donors (Lipinski definition) is 0. The van der Waals surface area contributed by atoms with E-state index in [1.807, 2.05) is 67.4 Å². The summed E-state index contributed by atoms with van der Waals surface area (Å²) in [6.45, 7) is 2.00. The highest BCUT2D eigenvalue weighted by molar-refractivity contribution is 8.08. The van der Waals surface area contributed by atoms with Gasteiger partial charge < -0.3 is 9.80 Å². The number of aromatic nitrogens is 1. The van der Waals surface area contributed by atoms with Gasteiger partial charge >= 0.3 is 0 Å². The second-order valence-corrected chi connectivity index (χ2v) is 10.1. The molecule has 32 heavy (non-hydrogen) atoms. The molecule has 1 saturated heterocycles. The van der Waals surface area contributed by atoms with Crippen LogP contribution >= 0.6 is 35.3 Å². The normalized spacial score (nSPS) is 19.3. The number of fused-ring (bicyclic) bond motifs is 1. The van der Waals surface area contributed by atoms with E-state index in [9.17, 15) is 9.59 Å². The van der Waals surface area contributed by atoms with E-state index in [-0.39, 0.29) is 11.5 Å². The summed E-state index contributed by atoms with van der Waals surface area (Å²) in [6, 6.07) is 15.8. The molecule has 0 aliphatic carbocycles. The van der Waals surface area contributed by atoms with Gasteiger partial charge in [0.15, 0.2) is 5.11 Å². The maximum absolute atomic E-state index is 13.8. The van der Waals surface area contributed by atoms with Crippen molar-refractivity contribution in [2.24, 2.45) is 0 Å². The Balaban J connectivity index is 1.88. The molecule has 0 unspecified atom stereocenters. The number of rotatable bonds is 1. The predicted molar refractivity (Wildman–Crippen MR) is 135 cm³/mol. The molecule has 1 aromatic heterocycles. The molecule has 0 saturated carbocycles. The summed E-state index contributed by atoms with van der Waals surface area (Å²) in [5, 5.41) is 1.27. The lowest BCUT2D eigenvalue weighted by atomic mass is 10.2. The Morgan fingerprint density at radius 3 is 2.19 bits per heavy atom. The molecule has 9 heteroatoms. The van der Waals surface area contributed by atoms with E-state index in [1.165, 1.54) is 16.2 Å². The highest BCUT2D eigenvalue weighted by Gasteiger charge is 2.35. The van der Waals surface area contributed by atoms with Gasteiger partial charge in [-0.05, 0) is 43.4 Å². The minimum Gasteiger partial charge on any atom is -0.337 e. The fraction of sp³-hybridized carbons (Fsp3) is 0.174. The standard InChI is InChI=1S/C23H20N4O2S3/c1-13-9-11-14(12-10-13)27-20(29)18(22-24(2)15-7-5-6-8-16(15)31-22)32-21(27)17-19(28)26(4)23(30)25(17)3/h5-12H,1-4H3/b21-17-,22-18-. The van der Waals surface area contributed by atoms with Crippen LogP contribution in [0.25, 0.3) is 16.4 Å². The number of amides is 1. The van der Waals surface area contributed by atoms with Crippen LogP contribution in [0.5, 0.6) is 0 Å². The minimum atomic E-state index is -0.216. The summed E-state index contributed by atoms with van der Waals surface area (Å²) >= 11 is 8.32. The Labute approximate surface area is 198 Å². The van der Waals surface area contributed by atoms with Crippen LogP contribution in [0.2, 0.25) is 0 Å². The van der Waals surface area contributed by atoms with E-state index in [4.69, 9.17) is 12.2 Å². The summed E-state index contributed by atoms with van der Waals surface area (Å²) < 4.78 is 2.80. The van der Waals surface area contributed by atoms with Crippen molar-refractivity contribution in [3.05, 3.63) is 73.6 Å². The van der Waals surface area contributed by atoms with E-state index in [0.29, 0.717) is 20.0 Å². The lowest BCUT2D eigenvalue weighted by Crippen LogP contribution is -2.34. The van der Waals surface area contributed by atoms with Gasteiger partial charge in [-0.1, -0.05) is 41.6 Å². The highest BCUT2D eigenvalue weighted by atomic mass is 32.2. The quantitative estimate of drug-likeness (QED) is 0.499. The topological polar surface area (TPSA) is 48.8 Å². The smallest absolute Gasteiger partial charge is 0.279 e. The number of thioether (sulfide) groups is 1. The van der Waals surface area contributed by atoms with Crippen LogP contribution in [0.4, 0.5) is 5.69 Å². The van der Waals surface area contributed by atoms with Crippen molar-refractivity contribution in [3.63, 3.8) is 0 Å². The first-order valence-electron chi connectivity index (χ1n) is 9.93. The van der Waals surface area contributed by atoms with Gasteiger partial charge in [-0.15, -0.1) is 11.3 Å². The number of carbonyl (C=O) groups is 1. The van der Waals surface area contributed by atoms with Crippen molar-refractivity contribution in [1.82, 2.24) is 14.4 Å². The Bertz CT molecular complexity index is 1470. The van der Waals surface area contributed by atoms with Gasteiger partial charge in [0.2, 0.25) is 0 Å². The number of thiocarbonyl (C=S) groups is 1. The lowest BCUT2D eigenvalue weighted by Gasteiger charge is -2.11. The van der Waals surface area contributed by atoms with Gasteiger partial charge in [0.05, 0.1) is 11.4 Å². The number of aryl methyl sites for hydroxylation is 1. The zero-order valence-electron chi connectivity index (χ0n) is 17.9. The van der Waals surface area contributed by atoms with Gasteiger partial charge in [-0.2, -0.15) is 0 Å². The van der Waals surface area contributed by atoms with Crippen molar-refractivity contribution in [2.45, 2.75) is 11.8 Å². The zero-order valence-corrected chi connectivity index (χ0v) is 20.4. The fourth-order valence-electron chi connectivity index (χ4n) is 3.84. The van der Waals surface area contributed by atoms with Crippen LogP contribution in [0, 0.1) is 6.92 Å². The fourth-order valence-corrected chi connectivity index (χ4v) is 6.54. The van der Waals surface area contributed by atoms with Crippen molar-refractivity contribution in [3.8, 4) is 5.69 Å². The van der Waals surface area contributed by atoms with Crippen molar-refractivity contribution >= 4 is 62.7 Å². The third kappa shape index (κ3) is 3.03. The molecule has 3 aromatic rings. The van der Waals surface area contributed by atoms with Gasteiger partial charge in [0.25, 0.3) is 11.5 Å². The summed E-state index contributed by atoms with van der Waals surface area (Å²) in [5.74, 6) is -0.216. The molecule has 162 valence electrons. The van der Waals surface area contributed by atoms with E-state index in [0.717, 1.165) is 26.9 Å². The number of hydrogen-bond acceptors (Lipinski definition) is 6. The molecule has 6 nitrogen and oxygen atoms in total. The molecule has 0 N–H and O–H groups in total. The van der Waals surface area contributed by atoms with Gasteiger partial charge in [0.1, 0.15) is 19.9 Å². The third-order valence-corrected chi connectivity index (χ3v) is 8.70. The number of likely N-dealkylation sites (N-methyl/N-ethyl adjacent to an activating group) is 2. The number of nitrogens with zero attached hydrogens (tertiary/aromatic N) is 4. The minimum absolute atomic E-state index is 0.148. The number of anilines is 1. The van der Waals surface area contributed by atoms with E-state index >= 15 is 0 Å². The molecule has 0 bridgehead atoms. The lowest BCUT2D eigenvalue weighted by molar-refractivity contribution is -0.120. The first-order valence-corrected chi connectivity index (χ1v) is 12.0.